The quantitative estimate of drug-likeness (QED) is 0.402. The number of amides is 2. The molecule has 1 fully saturated rings. The number of rotatable bonds is 6. The fraction of sp³-hybridized carbons (Fsp3) is 0.259. The first kappa shape index (κ1) is 22.1. The van der Waals surface area contributed by atoms with Crippen molar-refractivity contribution < 1.29 is 9.53 Å². The third kappa shape index (κ3) is 3.92. The number of urea groups is 1. The molecule has 2 aromatic carbocycles. The van der Waals surface area contributed by atoms with Crippen LogP contribution in [-0.2, 0) is 6.54 Å². The highest BCUT2D eigenvalue weighted by atomic mass is 16.5. The molecule has 0 saturated heterocycles. The molecular weight excluding hydrogens is 454 g/mol. The van der Waals surface area contributed by atoms with E-state index < -0.39 is 0 Å². The Balaban J connectivity index is 1.32. The van der Waals surface area contributed by atoms with Gasteiger partial charge in [-0.25, -0.2) is 14.8 Å². The van der Waals surface area contributed by atoms with E-state index in [1.54, 1.807) is 30.2 Å². The Morgan fingerprint density at radius 2 is 1.94 bits per heavy atom. The van der Waals surface area contributed by atoms with Crippen LogP contribution in [0.2, 0.25) is 0 Å². The number of aromatic amines is 1. The standard InChI is InChI=1S/C27H27N7O2/c1-16-8-9-17(24-28-14-21(31-24)20-6-4-5-7-23(20)36-3)12-22(16)34-15-18-13-29-26(30-19-10-11-19)32-25(18)33(2)27(34)35/h4-9,12-14,19H,10-11,15H2,1-3H3,(H,28,31)(H,29,30,32). The molecule has 3 heterocycles. The minimum atomic E-state index is -0.132. The maximum absolute atomic E-state index is 13.4. The monoisotopic (exact) mass is 481 g/mol. The van der Waals surface area contributed by atoms with Crippen LogP contribution in [0.1, 0.15) is 24.0 Å². The van der Waals surface area contributed by atoms with E-state index in [-0.39, 0.29) is 6.03 Å². The molecule has 0 atom stereocenters. The number of nitrogens with one attached hydrogen (secondary N) is 2. The number of hydrogen-bond donors (Lipinski definition) is 2. The highest BCUT2D eigenvalue weighted by Crippen LogP contribution is 2.35. The Hall–Kier alpha value is -4.40. The molecule has 4 aromatic rings. The number of carbonyl (C=O) groups is 1. The van der Waals surface area contributed by atoms with Crippen molar-refractivity contribution in [1.29, 1.82) is 0 Å². The summed E-state index contributed by atoms with van der Waals surface area (Å²) in [4.78, 5) is 33.9. The number of aromatic nitrogens is 4. The largest absolute Gasteiger partial charge is 0.496 e. The molecule has 0 spiro atoms. The summed E-state index contributed by atoms with van der Waals surface area (Å²) in [5.41, 5.74) is 5.41. The molecule has 0 bridgehead atoms. The third-order valence-corrected chi connectivity index (χ3v) is 6.66. The lowest BCUT2D eigenvalue weighted by Crippen LogP contribution is -2.46. The lowest BCUT2D eigenvalue weighted by atomic mass is 10.1. The van der Waals surface area contributed by atoms with Crippen molar-refractivity contribution in [1.82, 2.24) is 19.9 Å². The molecule has 0 radical (unpaired) electrons. The first-order valence-electron chi connectivity index (χ1n) is 12.0. The molecule has 2 aromatic heterocycles. The average molecular weight is 482 g/mol. The zero-order chi connectivity index (χ0) is 24.8. The predicted molar refractivity (Wildman–Crippen MR) is 139 cm³/mol. The summed E-state index contributed by atoms with van der Waals surface area (Å²) in [6.45, 7) is 2.40. The van der Waals surface area contributed by atoms with Crippen LogP contribution in [0.4, 0.5) is 22.2 Å². The van der Waals surface area contributed by atoms with Gasteiger partial charge in [0.2, 0.25) is 5.95 Å². The van der Waals surface area contributed by atoms with Gasteiger partial charge in [0.25, 0.3) is 0 Å². The zero-order valence-corrected chi connectivity index (χ0v) is 20.4. The summed E-state index contributed by atoms with van der Waals surface area (Å²) >= 11 is 0. The van der Waals surface area contributed by atoms with Crippen molar-refractivity contribution >= 4 is 23.5 Å². The smallest absolute Gasteiger partial charge is 0.330 e. The Kier molecular flexibility index (Phi) is 5.32. The number of aryl methyl sites for hydroxylation is 1. The lowest BCUT2D eigenvalue weighted by molar-refractivity contribution is 0.251. The molecule has 1 aliphatic heterocycles. The van der Waals surface area contributed by atoms with Crippen molar-refractivity contribution in [3.05, 3.63) is 66.0 Å². The minimum Gasteiger partial charge on any atom is -0.496 e. The molecule has 1 saturated carbocycles. The summed E-state index contributed by atoms with van der Waals surface area (Å²) in [6, 6.07) is 14.1. The number of nitrogens with zero attached hydrogens (tertiary/aromatic N) is 5. The van der Waals surface area contributed by atoms with Crippen LogP contribution in [-0.4, -0.2) is 46.2 Å². The van der Waals surface area contributed by atoms with E-state index in [1.807, 2.05) is 55.6 Å². The number of anilines is 3. The van der Waals surface area contributed by atoms with Crippen molar-refractivity contribution in [3.63, 3.8) is 0 Å². The number of imidazole rings is 1. The van der Waals surface area contributed by atoms with Gasteiger partial charge in [0.1, 0.15) is 17.4 Å². The maximum atomic E-state index is 13.4. The first-order valence-corrected chi connectivity index (χ1v) is 12.0. The van der Waals surface area contributed by atoms with Gasteiger partial charge in [-0.3, -0.25) is 9.80 Å². The van der Waals surface area contributed by atoms with Crippen LogP contribution in [0.5, 0.6) is 5.75 Å². The molecule has 182 valence electrons. The molecule has 0 unspecified atom stereocenters. The van der Waals surface area contributed by atoms with E-state index in [2.05, 4.69) is 25.3 Å². The fourth-order valence-corrected chi connectivity index (χ4v) is 4.50. The Labute approximate surface area is 209 Å². The molecule has 2 amide bonds. The van der Waals surface area contributed by atoms with Gasteiger partial charge < -0.3 is 15.0 Å². The minimum absolute atomic E-state index is 0.132. The van der Waals surface area contributed by atoms with E-state index in [1.165, 1.54) is 0 Å². The number of methoxy groups -OCH3 is 1. The normalized spacial score (nSPS) is 15.1. The van der Waals surface area contributed by atoms with Crippen LogP contribution in [0.25, 0.3) is 22.6 Å². The summed E-state index contributed by atoms with van der Waals surface area (Å²) < 4.78 is 5.50. The number of benzene rings is 2. The zero-order valence-electron chi connectivity index (χ0n) is 20.4. The van der Waals surface area contributed by atoms with Gasteiger partial charge in [-0.05, 0) is 43.5 Å². The molecule has 9 heteroatoms. The Morgan fingerprint density at radius 3 is 2.75 bits per heavy atom. The summed E-state index contributed by atoms with van der Waals surface area (Å²) in [5, 5.41) is 3.31. The van der Waals surface area contributed by atoms with Crippen LogP contribution in [0.15, 0.2) is 54.9 Å². The number of ether oxygens (including phenoxy) is 1. The number of para-hydroxylation sites is 1. The molecule has 1 aliphatic carbocycles. The summed E-state index contributed by atoms with van der Waals surface area (Å²) in [6.07, 6.45) is 5.88. The van der Waals surface area contributed by atoms with Crippen molar-refractivity contribution in [3.8, 4) is 28.4 Å². The van der Waals surface area contributed by atoms with Gasteiger partial charge in [0, 0.05) is 41.7 Å². The maximum Gasteiger partial charge on any atom is 0.330 e. The van der Waals surface area contributed by atoms with Gasteiger partial charge >= 0.3 is 6.03 Å². The van der Waals surface area contributed by atoms with Crippen molar-refractivity contribution in [2.45, 2.75) is 32.4 Å². The molecule has 9 nitrogen and oxygen atoms in total. The van der Waals surface area contributed by atoms with Crippen molar-refractivity contribution in [2.75, 3.05) is 29.3 Å². The molecule has 2 aliphatic rings. The van der Waals surface area contributed by atoms with Crippen LogP contribution >= 0.6 is 0 Å². The molecule has 2 N–H and O–H groups in total. The second kappa shape index (κ2) is 8.67. The fourth-order valence-electron chi connectivity index (χ4n) is 4.50. The second-order valence-corrected chi connectivity index (χ2v) is 9.24. The van der Waals surface area contributed by atoms with E-state index in [0.717, 1.165) is 58.1 Å². The highest BCUT2D eigenvalue weighted by Gasteiger charge is 2.32. The van der Waals surface area contributed by atoms with Crippen LogP contribution < -0.4 is 19.9 Å². The van der Waals surface area contributed by atoms with Gasteiger partial charge in [0.15, 0.2) is 0 Å². The summed E-state index contributed by atoms with van der Waals surface area (Å²) in [7, 11) is 3.41. The number of hydrogen-bond acceptors (Lipinski definition) is 6. The molecule has 6 rings (SSSR count). The Bertz CT molecular complexity index is 1460. The topological polar surface area (TPSA) is 99.3 Å². The first-order chi connectivity index (χ1) is 17.5. The van der Waals surface area contributed by atoms with Gasteiger partial charge in [0.05, 0.1) is 25.5 Å². The SMILES string of the molecule is COc1ccccc1-c1cnc(-c2ccc(C)c(N3Cc4cnc(NC5CC5)nc4N(C)C3=O)c2)[nH]1. The number of H-pyrrole nitrogens is 1. The number of fused-ring (bicyclic) bond motifs is 1. The van der Waals surface area contributed by atoms with Gasteiger partial charge in [-0.1, -0.05) is 24.3 Å². The third-order valence-electron chi connectivity index (χ3n) is 6.66. The second-order valence-electron chi connectivity index (χ2n) is 9.24. The van der Waals surface area contributed by atoms with Crippen LogP contribution in [0.3, 0.4) is 0 Å². The highest BCUT2D eigenvalue weighted by molar-refractivity contribution is 6.05. The average Bonchev–Trinajstić information content (AvgIpc) is 3.58. The van der Waals surface area contributed by atoms with Crippen molar-refractivity contribution in [2.24, 2.45) is 0 Å². The van der Waals surface area contributed by atoms with Gasteiger partial charge in [-0.15, -0.1) is 0 Å². The Morgan fingerprint density at radius 1 is 1.11 bits per heavy atom. The lowest BCUT2D eigenvalue weighted by Gasteiger charge is -2.35. The van der Waals surface area contributed by atoms with E-state index in [4.69, 9.17) is 4.74 Å². The number of carbonyl (C=O) groups excluding carboxylic acids is 1. The van der Waals surface area contributed by atoms with Crippen LogP contribution in [0, 0.1) is 6.92 Å². The molecule has 36 heavy (non-hydrogen) atoms. The van der Waals surface area contributed by atoms with E-state index >= 15 is 0 Å². The molecular formula is C27H27N7O2. The summed E-state index contributed by atoms with van der Waals surface area (Å²) in [5.74, 6) is 2.71. The van der Waals surface area contributed by atoms with E-state index in [9.17, 15) is 4.79 Å². The van der Waals surface area contributed by atoms with E-state index in [0.29, 0.717) is 24.4 Å². The van der Waals surface area contributed by atoms with Gasteiger partial charge in [-0.2, -0.15) is 4.98 Å². The predicted octanol–water partition coefficient (Wildman–Crippen LogP) is 5.00.